The van der Waals surface area contributed by atoms with E-state index in [-0.39, 0.29) is 23.5 Å². The van der Waals surface area contributed by atoms with E-state index in [2.05, 4.69) is 11.1 Å². The van der Waals surface area contributed by atoms with E-state index in [1.165, 1.54) is 0 Å². The van der Waals surface area contributed by atoms with Crippen molar-refractivity contribution in [3.8, 4) is 11.3 Å². The molecule has 2 aromatic heterocycles. The molecule has 2 aromatic rings. The summed E-state index contributed by atoms with van der Waals surface area (Å²) in [5.74, 6) is 0.420. The van der Waals surface area contributed by atoms with Crippen LogP contribution in [0, 0.1) is 5.92 Å². The molecule has 1 saturated heterocycles. The number of rotatable bonds is 1. The van der Waals surface area contributed by atoms with E-state index in [1.54, 1.807) is 17.2 Å². The highest BCUT2D eigenvalue weighted by Gasteiger charge is 2.38. The van der Waals surface area contributed by atoms with Crippen molar-refractivity contribution in [2.75, 3.05) is 13.1 Å². The van der Waals surface area contributed by atoms with Crippen LogP contribution in [-0.4, -0.2) is 39.2 Å². The first-order valence-electron chi connectivity index (χ1n) is 9.44. The van der Waals surface area contributed by atoms with Gasteiger partial charge in [0.2, 0.25) is 0 Å². The van der Waals surface area contributed by atoms with Crippen LogP contribution in [0.2, 0.25) is 0 Å². The minimum Gasteiger partial charge on any atom is -0.444 e. The Hall–Kier alpha value is -2.63. The third kappa shape index (κ3) is 3.61. The number of carbonyl (C=O) groups excluding carboxylic acids is 1. The highest BCUT2D eigenvalue weighted by molar-refractivity contribution is 5.68. The maximum Gasteiger partial charge on any atom is 0.410 e. The fourth-order valence-corrected chi connectivity index (χ4v) is 4.12. The summed E-state index contributed by atoms with van der Waals surface area (Å²) in [4.78, 5) is 31.4. The molecule has 2 atom stereocenters. The maximum absolute atomic E-state index is 12.7. The zero-order valence-electron chi connectivity index (χ0n) is 16.0. The van der Waals surface area contributed by atoms with Crippen molar-refractivity contribution in [1.29, 1.82) is 0 Å². The van der Waals surface area contributed by atoms with Gasteiger partial charge in [-0.05, 0) is 51.3 Å². The van der Waals surface area contributed by atoms with Crippen LogP contribution in [0.5, 0.6) is 0 Å². The van der Waals surface area contributed by atoms with E-state index in [1.807, 2.05) is 43.5 Å². The van der Waals surface area contributed by atoms with Gasteiger partial charge in [0.15, 0.2) is 0 Å². The quantitative estimate of drug-likeness (QED) is 0.776. The minimum absolute atomic E-state index is 0.00794. The predicted octanol–water partition coefficient (Wildman–Crippen LogP) is 3.26. The summed E-state index contributed by atoms with van der Waals surface area (Å²) < 4.78 is 7.43. The number of carbonyl (C=O) groups is 1. The van der Waals surface area contributed by atoms with Crippen LogP contribution in [-0.2, 0) is 11.3 Å². The van der Waals surface area contributed by atoms with E-state index >= 15 is 0 Å². The van der Waals surface area contributed by atoms with Crippen LogP contribution in [0.4, 0.5) is 4.79 Å². The Balaban J connectivity index is 1.65. The number of hydrogen-bond donors (Lipinski definition) is 0. The number of piperidine rings is 1. The van der Waals surface area contributed by atoms with Crippen molar-refractivity contribution in [3.05, 3.63) is 52.6 Å². The number of amides is 1. The highest BCUT2D eigenvalue weighted by atomic mass is 16.6. The van der Waals surface area contributed by atoms with Gasteiger partial charge in [0.05, 0.1) is 5.69 Å². The van der Waals surface area contributed by atoms with Gasteiger partial charge in [-0.1, -0.05) is 6.07 Å². The Kier molecular flexibility index (Phi) is 4.29. The van der Waals surface area contributed by atoms with Crippen LogP contribution in [0.3, 0.4) is 0 Å². The van der Waals surface area contributed by atoms with Crippen molar-refractivity contribution in [3.63, 3.8) is 0 Å². The third-order valence-corrected chi connectivity index (χ3v) is 5.17. The number of aromatic nitrogens is 2. The first kappa shape index (κ1) is 17.8. The van der Waals surface area contributed by atoms with Gasteiger partial charge in [0, 0.05) is 49.1 Å². The number of likely N-dealkylation sites (tertiary alicyclic amines) is 1. The minimum atomic E-state index is -0.509. The second-order valence-electron chi connectivity index (χ2n) is 8.52. The second kappa shape index (κ2) is 6.51. The molecule has 1 amide bonds. The van der Waals surface area contributed by atoms with Crippen LogP contribution >= 0.6 is 0 Å². The van der Waals surface area contributed by atoms with Gasteiger partial charge < -0.3 is 14.2 Å². The summed E-state index contributed by atoms with van der Waals surface area (Å²) in [6.07, 6.45) is 2.45. The van der Waals surface area contributed by atoms with Gasteiger partial charge in [-0.3, -0.25) is 9.78 Å². The van der Waals surface area contributed by atoms with Crippen molar-refractivity contribution >= 4 is 6.09 Å². The molecule has 6 nitrogen and oxygen atoms in total. The van der Waals surface area contributed by atoms with E-state index in [4.69, 9.17) is 4.74 Å². The Morgan fingerprint density at radius 3 is 2.70 bits per heavy atom. The third-order valence-electron chi connectivity index (χ3n) is 5.17. The summed E-state index contributed by atoms with van der Waals surface area (Å²) in [5.41, 5.74) is 2.12. The molecule has 0 spiro atoms. The maximum atomic E-state index is 12.7. The number of ether oxygens (including phenoxy) is 1. The van der Waals surface area contributed by atoms with E-state index < -0.39 is 5.60 Å². The van der Waals surface area contributed by atoms with Gasteiger partial charge >= 0.3 is 6.09 Å². The summed E-state index contributed by atoms with van der Waals surface area (Å²) in [7, 11) is 0. The number of hydrogen-bond acceptors (Lipinski definition) is 4. The molecule has 142 valence electrons. The average molecular weight is 367 g/mol. The van der Waals surface area contributed by atoms with E-state index in [9.17, 15) is 9.59 Å². The Morgan fingerprint density at radius 2 is 2.00 bits per heavy atom. The topological polar surface area (TPSA) is 64.4 Å². The van der Waals surface area contributed by atoms with E-state index in [0.29, 0.717) is 19.6 Å². The average Bonchev–Trinajstić information content (AvgIpc) is 2.61. The van der Waals surface area contributed by atoms with Gasteiger partial charge in [-0.2, -0.15) is 0 Å². The molecule has 0 aromatic carbocycles. The van der Waals surface area contributed by atoms with Crippen molar-refractivity contribution in [1.82, 2.24) is 14.5 Å². The normalized spacial score (nSPS) is 21.5. The molecular weight excluding hydrogens is 342 g/mol. The summed E-state index contributed by atoms with van der Waals surface area (Å²) in [6, 6.07) is 9.41. The lowest BCUT2D eigenvalue weighted by Crippen LogP contribution is -2.50. The van der Waals surface area contributed by atoms with Gasteiger partial charge in [0.25, 0.3) is 5.56 Å². The fourth-order valence-electron chi connectivity index (χ4n) is 4.12. The summed E-state index contributed by atoms with van der Waals surface area (Å²) in [5, 5.41) is 0. The Morgan fingerprint density at radius 1 is 1.19 bits per heavy atom. The van der Waals surface area contributed by atoms with Crippen molar-refractivity contribution in [2.24, 2.45) is 5.92 Å². The molecule has 27 heavy (non-hydrogen) atoms. The lowest BCUT2D eigenvalue weighted by atomic mass is 9.82. The molecular formula is C21H25N3O3. The predicted molar refractivity (Wildman–Crippen MR) is 103 cm³/mol. The summed E-state index contributed by atoms with van der Waals surface area (Å²) in [6.45, 7) is 7.50. The molecule has 1 unspecified atom stereocenters. The molecule has 0 N–H and O–H groups in total. The largest absolute Gasteiger partial charge is 0.444 e. The van der Waals surface area contributed by atoms with Gasteiger partial charge in [-0.15, -0.1) is 0 Å². The molecule has 2 bridgehead atoms. The van der Waals surface area contributed by atoms with Crippen molar-refractivity contribution in [2.45, 2.75) is 45.3 Å². The van der Waals surface area contributed by atoms with Crippen LogP contribution in [0.15, 0.2) is 41.3 Å². The smallest absolute Gasteiger partial charge is 0.410 e. The standard InChI is InChI=1S/C21H25N3O3/c1-21(2,3)27-20(26)23-11-14-8-16(13-23)18-9-15(10-19(25)24(18)12-14)17-6-4-5-7-22-17/h4-7,9-10,14,16H,8,11-13H2,1-3H3/t14?,16-/m0/s1. The SMILES string of the molecule is CC(C)(C)OC(=O)N1CC2C[C@@H](C1)c1cc(-c3ccccn3)cc(=O)n1C2. The number of pyridine rings is 2. The highest BCUT2D eigenvalue weighted by Crippen LogP contribution is 2.36. The first-order valence-corrected chi connectivity index (χ1v) is 9.44. The molecule has 4 heterocycles. The molecule has 2 aliphatic rings. The Bertz CT molecular complexity index is 915. The van der Waals surface area contributed by atoms with Gasteiger partial charge in [0.1, 0.15) is 5.60 Å². The van der Waals surface area contributed by atoms with Gasteiger partial charge in [-0.25, -0.2) is 4.79 Å². The second-order valence-corrected chi connectivity index (χ2v) is 8.52. The molecule has 2 aliphatic heterocycles. The van der Waals surface area contributed by atoms with E-state index in [0.717, 1.165) is 23.4 Å². The zero-order chi connectivity index (χ0) is 19.2. The van der Waals surface area contributed by atoms with Crippen molar-refractivity contribution < 1.29 is 9.53 Å². The zero-order valence-corrected chi connectivity index (χ0v) is 16.0. The summed E-state index contributed by atoms with van der Waals surface area (Å²) >= 11 is 0. The monoisotopic (exact) mass is 367 g/mol. The number of nitrogens with zero attached hydrogens (tertiary/aromatic N) is 3. The Labute approximate surface area is 158 Å². The number of fused-ring (bicyclic) bond motifs is 4. The van der Waals surface area contributed by atoms with Crippen LogP contribution < -0.4 is 5.56 Å². The lowest BCUT2D eigenvalue weighted by Gasteiger charge is -2.43. The molecule has 6 heteroatoms. The lowest BCUT2D eigenvalue weighted by molar-refractivity contribution is 0.0102. The fraction of sp³-hybridized carbons (Fsp3) is 0.476. The molecule has 0 radical (unpaired) electrons. The van der Waals surface area contributed by atoms with Crippen LogP contribution in [0.25, 0.3) is 11.3 Å². The van der Waals surface area contributed by atoms with Crippen LogP contribution in [0.1, 0.15) is 38.8 Å². The molecule has 0 aliphatic carbocycles. The molecule has 1 fully saturated rings. The first-order chi connectivity index (χ1) is 12.8. The molecule has 0 saturated carbocycles. The molecule has 4 rings (SSSR count).